The Morgan fingerprint density at radius 3 is 2.68 bits per heavy atom. The second kappa shape index (κ2) is 7.85. The Morgan fingerprint density at radius 2 is 1.95 bits per heavy atom. The van der Waals surface area contributed by atoms with Gasteiger partial charge in [0, 0.05) is 31.6 Å². The van der Waals surface area contributed by atoms with Crippen LogP contribution in [0.5, 0.6) is 0 Å². The Kier molecular flexibility index (Phi) is 6.11. The molecule has 1 saturated carbocycles. The summed E-state index contributed by atoms with van der Waals surface area (Å²) >= 11 is 0. The van der Waals surface area contributed by atoms with E-state index in [9.17, 15) is 4.79 Å². The topological polar surface area (TPSA) is 44.4 Å². The first-order valence-electron chi connectivity index (χ1n) is 7.97. The van der Waals surface area contributed by atoms with Crippen LogP contribution in [-0.2, 0) is 4.79 Å². The van der Waals surface area contributed by atoms with Gasteiger partial charge in [0.1, 0.15) is 0 Å². The van der Waals surface area contributed by atoms with Crippen molar-refractivity contribution in [3.8, 4) is 0 Å². The molecule has 0 bridgehead atoms. The Bertz CT molecular complexity index is 277. The number of carbonyl (C=O) groups excluding carboxylic acids is 1. The van der Waals surface area contributed by atoms with E-state index >= 15 is 0 Å². The highest BCUT2D eigenvalue weighted by molar-refractivity contribution is 5.76. The monoisotopic (exact) mass is 267 g/mol. The number of carbonyl (C=O) groups is 1. The fourth-order valence-electron chi connectivity index (χ4n) is 3.45. The van der Waals surface area contributed by atoms with E-state index in [1.54, 1.807) is 0 Å². The van der Waals surface area contributed by atoms with Gasteiger partial charge in [-0.15, -0.1) is 0 Å². The first kappa shape index (κ1) is 14.8. The molecule has 1 aliphatic heterocycles. The molecule has 4 nitrogen and oxygen atoms in total. The van der Waals surface area contributed by atoms with Crippen LogP contribution in [0.2, 0.25) is 0 Å². The molecule has 0 spiro atoms. The molecule has 2 aliphatic rings. The molecule has 0 aromatic heterocycles. The third-order valence-corrected chi connectivity index (χ3v) is 4.54. The molecule has 2 fully saturated rings. The van der Waals surface area contributed by atoms with Crippen molar-refractivity contribution in [1.82, 2.24) is 15.5 Å². The van der Waals surface area contributed by atoms with E-state index in [4.69, 9.17) is 0 Å². The van der Waals surface area contributed by atoms with Gasteiger partial charge in [0.15, 0.2) is 0 Å². The highest BCUT2D eigenvalue weighted by atomic mass is 16.1. The van der Waals surface area contributed by atoms with Crippen LogP contribution in [0.1, 0.15) is 51.4 Å². The van der Waals surface area contributed by atoms with Crippen molar-refractivity contribution >= 4 is 5.91 Å². The minimum atomic E-state index is 0.252. The summed E-state index contributed by atoms with van der Waals surface area (Å²) in [6.07, 6.45) is 9.46. The average molecular weight is 267 g/mol. The lowest BCUT2D eigenvalue weighted by Crippen LogP contribution is -2.41. The van der Waals surface area contributed by atoms with E-state index in [0.717, 1.165) is 19.6 Å². The Hall–Kier alpha value is -0.610. The lowest BCUT2D eigenvalue weighted by molar-refractivity contribution is -0.122. The third-order valence-electron chi connectivity index (χ3n) is 4.54. The molecule has 0 aromatic carbocycles. The van der Waals surface area contributed by atoms with Gasteiger partial charge < -0.3 is 10.6 Å². The van der Waals surface area contributed by atoms with Gasteiger partial charge in [0.25, 0.3) is 0 Å². The zero-order valence-corrected chi connectivity index (χ0v) is 12.3. The van der Waals surface area contributed by atoms with E-state index in [-0.39, 0.29) is 5.91 Å². The van der Waals surface area contributed by atoms with Crippen molar-refractivity contribution in [2.75, 3.05) is 26.7 Å². The number of nitrogens with one attached hydrogen (secondary N) is 2. The normalized spacial score (nSPS) is 25.6. The Morgan fingerprint density at radius 1 is 1.16 bits per heavy atom. The summed E-state index contributed by atoms with van der Waals surface area (Å²) in [5.74, 6) is 0.252. The highest BCUT2D eigenvalue weighted by Gasteiger charge is 2.24. The zero-order valence-electron chi connectivity index (χ0n) is 12.3. The van der Waals surface area contributed by atoms with Gasteiger partial charge in [0.05, 0.1) is 0 Å². The molecule has 0 aromatic rings. The number of likely N-dealkylation sites (tertiary alicyclic amines) is 1. The van der Waals surface area contributed by atoms with Crippen LogP contribution in [0.4, 0.5) is 0 Å². The SMILES string of the molecule is CNCC1CCCN1CCC(=O)NC1CCCCC1. The standard InChI is InChI=1S/C15H29N3O/c1-16-12-14-8-5-10-18(14)11-9-15(19)17-13-6-3-2-4-7-13/h13-14,16H,2-12H2,1H3,(H,17,19). The van der Waals surface area contributed by atoms with Gasteiger partial charge in [-0.2, -0.15) is 0 Å². The van der Waals surface area contributed by atoms with Gasteiger partial charge in [-0.1, -0.05) is 19.3 Å². The maximum atomic E-state index is 12.0. The molecule has 1 heterocycles. The Balaban J connectivity index is 1.65. The molecule has 4 heteroatoms. The predicted molar refractivity (Wildman–Crippen MR) is 78.2 cm³/mol. The van der Waals surface area contributed by atoms with Crippen LogP contribution in [-0.4, -0.2) is 49.6 Å². The second-order valence-electron chi connectivity index (χ2n) is 6.04. The first-order valence-corrected chi connectivity index (χ1v) is 7.97. The van der Waals surface area contributed by atoms with E-state index in [2.05, 4.69) is 15.5 Å². The molecule has 19 heavy (non-hydrogen) atoms. The van der Waals surface area contributed by atoms with Crippen molar-refractivity contribution in [3.05, 3.63) is 0 Å². The molecule has 1 unspecified atom stereocenters. The van der Waals surface area contributed by atoms with Gasteiger partial charge in [0.2, 0.25) is 5.91 Å². The number of likely N-dealkylation sites (N-methyl/N-ethyl adjacent to an activating group) is 1. The van der Waals surface area contributed by atoms with Crippen LogP contribution >= 0.6 is 0 Å². The zero-order chi connectivity index (χ0) is 13.5. The van der Waals surface area contributed by atoms with Gasteiger partial charge in [-0.05, 0) is 39.3 Å². The number of hydrogen-bond donors (Lipinski definition) is 2. The predicted octanol–water partition coefficient (Wildman–Crippen LogP) is 1.51. The molecule has 2 rings (SSSR count). The fraction of sp³-hybridized carbons (Fsp3) is 0.933. The molecule has 110 valence electrons. The average Bonchev–Trinajstić information content (AvgIpc) is 2.85. The maximum absolute atomic E-state index is 12.0. The summed E-state index contributed by atoms with van der Waals surface area (Å²) in [7, 11) is 2.01. The summed E-state index contributed by atoms with van der Waals surface area (Å²) in [5, 5.41) is 6.46. The first-order chi connectivity index (χ1) is 9.29. The van der Waals surface area contributed by atoms with Gasteiger partial charge in [-0.3, -0.25) is 9.69 Å². The van der Waals surface area contributed by atoms with Crippen molar-refractivity contribution in [2.24, 2.45) is 0 Å². The number of amides is 1. The van der Waals surface area contributed by atoms with E-state index < -0.39 is 0 Å². The number of hydrogen-bond acceptors (Lipinski definition) is 3. The van der Waals surface area contributed by atoms with Crippen molar-refractivity contribution < 1.29 is 4.79 Å². The molecule has 0 radical (unpaired) electrons. The largest absolute Gasteiger partial charge is 0.353 e. The van der Waals surface area contributed by atoms with Gasteiger partial charge >= 0.3 is 0 Å². The van der Waals surface area contributed by atoms with Crippen LogP contribution in [0.3, 0.4) is 0 Å². The molecule has 1 atom stereocenters. The van der Waals surface area contributed by atoms with E-state index in [1.807, 2.05) is 7.05 Å². The molecule has 1 aliphatic carbocycles. The summed E-state index contributed by atoms with van der Waals surface area (Å²) in [4.78, 5) is 14.4. The second-order valence-corrected chi connectivity index (χ2v) is 6.04. The highest BCUT2D eigenvalue weighted by Crippen LogP contribution is 2.18. The molecule has 2 N–H and O–H groups in total. The summed E-state index contributed by atoms with van der Waals surface area (Å²) in [6, 6.07) is 1.08. The molecule has 1 saturated heterocycles. The fourth-order valence-corrected chi connectivity index (χ4v) is 3.45. The van der Waals surface area contributed by atoms with Crippen molar-refractivity contribution in [1.29, 1.82) is 0 Å². The molecule has 1 amide bonds. The van der Waals surface area contributed by atoms with Crippen LogP contribution in [0.25, 0.3) is 0 Å². The van der Waals surface area contributed by atoms with E-state index in [1.165, 1.54) is 44.9 Å². The van der Waals surface area contributed by atoms with Crippen LogP contribution in [0, 0.1) is 0 Å². The summed E-state index contributed by atoms with van der Waals surface area (Å²) in [6.45, 7) is 3.12. The number of rotatable bonds is 6. The lowest BCUT2D eigenvalue weighted by Gasteiger charge is -2.25. The summed E-state index contributed by atoms with van der Waals surface area (Å²) < 4.78 is 0. The van der Waals surface area contributed by atoms with E-state index in [0.29, 0.717) is 18.5 Å². The molecular formula is C15H29N3O. The van der Waals surface area contributed by atoms with Gasteiger partial charge in [-0.25, -0.2) is 0 Å². The summed E-state index contributed by atoms with van der Waals surface area (Å²) in [5.41, 5.74) is 0. The molecular weight excluding hydrogens is 238 g/mol. The van der Waals surface area contributed by atoms with Crippen molar-refractivity contribution in [3.63, 3.8) is 0 Å². The van der Waals surface area contributed by atoms with Crippen LogP contribution in [0.15, 0.2) is 0 Å². The minimum absolute atomic E-state index is 0.252. The van der Waals surface area contributed by atoms with Crippen molar-refractivity contribution in [2.45, 2.75) is 63.5 Å². The number of nitrogens with zero attached hydrogens (tertiary/aromatic N) is 1. The lowest BCUT2D eigenvalue weighted by atomic mass is 9.95. The Labute approximate surface area is 117 Å². The quantitative estimate of drug-likeness (QED) is 0.767. The smallest absolute Gasteiger partial charge is 0.221 e. The van der Waals surface area contributed by atoms with Crippen LogP contribution < -0.4 is 10.6 Å². The minimum Gasteiger partial charge on any atom is -0.353 e. The maximum Gasteiger partial charge on any atom is 0.221 e. The third kappa shape index (κ3) is 4.77.